The van der Waals surface area contributed by atoms with Crippen LogP contribution in [0.25, 0.3) is 0 Å². The average Bonchev–Trinajstić information content (AvgIpc) is 2.47. The Morgan fingerprint density at radius 2 is 1.50 bits per heavy atom. The minimum atomic E-state index is 0.105. The van der Waals surface area contributed by atoms with Crippen molar-refractivity contribution in [2.45, 2.75) is 59.8 Å². The van der Waals surface area contributed by atoms with Gasteiger partial charge in [-0.1, -0.05) is 46.6 Å². The standard InChI is InChI=1S/C19H30O3/c1-5-7-12-21-17-10-9-11-18(22-13-8-6-2)19(17)16(20)14-15(3)4/h9-11,15H,5-8,12-14H2,1-4H3. The summed E-state index contributed by atoms with van der Waals surface area (Å²) in [6.45, 7) is 9.62. The van der Waals surface area contributed by atoms with Crippen molar-refractivity contribution in [3.05, 3.63) is 23.8 Å². The van der Waals surface area contributed by atoms with Crippen LogP contribution in [0.5, 0.6) is 11.5 Å². The number of hydrogen-bond donors (Lipinski definition) is 0. The quantitative estimate of drug-likeness (QED) is 0.412. The molecule has 0 aliphatic rings. The average molecular weight is 306 g/mol. The van der Waals surface area contributed by atoms with Crippen LogP contribution in [0, 0.1) is 5.92 Å². The van der Waals surface area contributed by atoms with Crippen molar-refractivity contribution in [3.8, 4) is 11.5 Å². The molecule has 124 valence electrons. The first-order valence-corrected chi connectivity index (χ1v) is 8.51. The first kappa shape index (κ1) is 18.5. The van der Waals surface area contributed by atoms with E-state index in [4.69, 9.17) is 9.47 Å². The lowest BCUT2D eigenvalue weighted by Crippen LogP contribution is -2.11. The molecule has 0 bridgehead atoms. The lowest BCUT2D eigenvalue weighted by Gasteiger charge is -2.16. The number of carbonyl (C=O) groups is 1. The lowest BCUT2D eigenvalue weighted by atomic mass is 9.99. The fourth-order valence-corrected chi connectivity index (χ4v) is 2.15. The molecule has 0 saturated carbocycles. The molecule has 0 aliphatic heterocycles. The zero-order valence-electron chi connectivity index (χ0n) is 14.5. The van der Waals surface area contributed by atoms with Gasteiger partial charge in [-0.3, -0.25) is 4.79 Å². The highest BCUT2D eigenvalue weighted by molar-refractivity contribution is 6.01. The summed E-state index contributed by atoms with van der Waals surface area (Å²) in [5.74, 6) is 1.74. The highest BCUT2D eigenvalue weighted by atomic mass is 16.5. The Hall–Kier alpha value is -1.51. The minimum absolute atomic E-state index is 0.105. The number of hydrogen-bond acceptors (Lipinski definition) is 3. The van der Waals surface area contributed by atoms with Gasteiger partial charge < -0.3 is 9.47 Å². The molecule has 0 saturated heterocycles. The van der Waals surface area contributed by atoms with E-state index >= 15 is 0 Å². The van der Waals surface area contributed by atoms with Crippen LogP contribution in [-0.2, 0) is 0 Å². The monoisotopic (exact) mass is 306 g/mol. The molecule has 0 aliphatic carbocycles. The van der Waals surface area contributed by atoms with E-state index in [-0.39, 0.29) is 5.78 Å². The van der Waals surface area contributed by atoms with Crippen molar-refractivity contribution in [1.29, 1.82) is 0 Å². The largest absolute Gasteiger partial charge is 0.493 e. The van der Waals surface area contributed by atoms with Gasteiger partial charge in [0.05, 0.1) is 13.2 Å². The summed E-state index contributed by atoms with van der Waals surface area (Å²) in [7, 11) is 0. The van der Waals surface area contributed by atoms with Crippen LogP contribution in [0.4, 0.5) is 0 Å². The van der Waals surface area contributed by atoms with E-state index < -0.39 is 0 Å². The minimum Gasteiger partial charge on any atom is -0.493 e. The van der Waals surface area contributed by atoms with Gasteiger partial charge in [0.25, 0.3) is 0 Å². The van der Waals surface area contributed by atoms with Gasteiger partial charge in [-0.05, 0) is 30.9 Å². The topological polar surface area (TPSA) is 35.5 Å². The van der Waals surface area contributed by atoms with Gasteiger partial charge in [0, 0.05) is 6.42 Å². The molecule has 1 aromatic carbocycles. The molecule has 3 nitrogen and oxygen atoms in total. The second-order valence-electron chi connectivity index (χ2n) is 6.05. The summed E-state index contributed by atoms with van der Waals surface area (Å²) in [5.41, 5.74) is 0.614. The van der Waals surface area contributed by atoms with E-state index in [1.807, 2.05) is 18.2 Å². The Balaban J connectivity index is 2.97. The van der Waals surface area contributed by atoms with Crippen molar-refractivity contribution >= 4 is 5.78 Å². The predicted octanol–water partition coefficient (Wildman–Crippen LogP) is 5.27. The second-order valence-corrected chi connectivity index (χ2v) is 6.05. The predicted molar refractivity (Wildman–Crippen MR) is 91.0 cm³/mol. The van der Waals surface area contributed by atoms with Gasteiger partial charge in [0.2, 0.25) is 0 Å². The van der Waals surface area contributed by atoms with Crippen molar-refractivity contribution in [3.63, 3.8) is 0 Å². The van der Waals surface area contributed by atoms with E-state index in [1.54, 1.807) is 0 Å². The molecule has 0 unspecified atom stereocenters. The van der Waals surface area contributed by atoms with Crippen LogP contribution >= 0.6 is 0 Å². The molecule has 1 rings (SSSR count). The first-order valence-electron chi connectivity index (χ1n) is 8.51. The number of benzene rings is 1. The first-order chi connectivity index (χ1) is 10.6. The summed E-state index contributed by atoms with van der Waals surface area (Å²) in [6, 6.07) is 5.64. The Morgan fingerprint density at radius 3 is 1.91 bits per heavy atom. The maximum Gasteiger partial charge on any atom is 0.170 e. The summed E-state index contributed by atoms with van der Waals surface area (Å²) in [6.07, 6.45) is 4.62. The summed E-state index contributed by atoms with van der Waals surface area (Å²) in [5, 5.41) is 0. The third-order valence-electron chi connectivity index (χ3n) is 3.37. The number of ether oxygens (including phenoxy) is 2. The molecule has 0 spiro atoms. The summed E-state index contributed by atoms with van der Waals surface area (Å²) < 4.78 is 11.7. The Labute approximate surface area is 135 Å². The number of ketones is 1. The molecule has 22 heavy (non-hydrogen) atoms. The van der Waals surface area contributed by atoms with E-state index in [2.05, 4.69) is 27.7 Å². The second kappa shape index (κ2) is 10.3. The van der Waals surface area contributed by atoms with Crippen LogP contribution < -0.4 is 9.47 Å². The van der Waals surface area contributed by atoms with Crippen molar-refractivity contribution < 1.29 is 14.3 Å². The third-order valence-corrected chi connectivity index (χ3v) is 3.37. The fourth-order valence-electron chi connectivity index (χ4n) is 2.15. The fraction of sp³-hybridized carbons (Fsp3) is 0.632. The van der Waals surface area contributed by atoms with Crippen molar-refractivity contribution in [2.75, 3.05) is 13.2 Å². The molecular weight excluding hydrogens is 276 g/mol. The SMILES string of the molecule is CCCCOc1cccc(OCCCC)c1C(=O)CC(C)C. The van der Waals surface area contributed by atoms with Gasteiger partial charge in [-0.15, -0.1) is 0 Å². The number of unbranched alkanes of at least 4 members (excludes halogenated alkanes) is 2. The zero-order valence-corrected chi connectivity index (χ0v) is 14.5. The molecule has 1 aromatic rings. The Bertz CT molecular complexity index is 424. The smallest absolute Gasteiger partial charge is 0.170 e. The molecule has 0 aromatic heterocycles. The summed E-state index contributed by atoms with van der Waals surface area (Å²) >= 11 is 0. The molecule has 0 amide bonds. The van der Waals surface area contributed by atoms with E-state index in [1.165, 1.54) is 0 Å². The Morgan fingerprint density at radius 1 is 1.00 bits per heavy atom. The summed E-state index contributed by atoms with van der Waals surface area (Å²) in [4.78, 5) is 12.6. The van der Waals surface area contributed by atoms with Gasteiger partial charge in [-0.25, -0.2) is 0 Å². The lowest BCUT2D eigenvalue weighted by molar-refractivity contribution is 0.0959. The van der Waals surface area contributed by atoms with Crippen molar-refractivity contribution in [2.24, 2.45) is 5.92 Å². The van der Waals surface area contributed by atoms with Crippen LogP contribution in [0.3, 0.4) is 0 Å². The van der Waals surface area contributed by atoms with Gasteiger partial charge in [-0.2, -0.15) is 0 Å². The van der Waals surface area contributed by atoms with Gasteiger partial charge in [0.1, 0.15) is 17.1 Å². The van der Waals surface area contributed by atoms with Crippen LogP contribution in [0.1, 0.15) is 70.2 Å². The van der Waals surface area contributed by atoms with E-state index in [0.29, 0.717) is 42.6 Å². The van der Waals surface area contributed by atoms with Crippen LogP contribution in [0.15, 0.2) is 18.2 Å². The van der Waals surface area contributed by atoms with Gasteiger partial charge in [0.15, 0.2) is 5.78 Å². The van der Waals surface area contributed by atoms with Crippen LogP contribution in [-0.4, -0.2) is 19.0 Å². The van der Waals surface area contributed by atoms with Gasteiger partial charge >= 0.3 is 0 Å². The molecule has 0 heterocycles. The molecule has 0 radical (unpaired) electrons. The Kier molecular flexibility index (Phi) is 8.64. The third kappa shape index (κ3) is 6.08. The number of Topliss-reactive ketones (excluding diaryl/α,β-unsaturated/α-hetero) is 1. The molecular formula is C19H30O3. The van der Waals surface area contributed by atoms with E-state index in [9.17, 15) is 4.79 Å². The normalized spacial score (nSPS) is 10.8. The molecule has 0 fully saturated rings. The highest BCUT2D eigenvalue weighted by Gasteiger charge is 2.19. The zero-order chi connectivity index (χ0) is 16.4. The van der Waals surface area contributed by atoms with Crippen molar-refractivity contribution in [1.82, 2.24) is 0 Å². The number of rotatable bonds is 11. The van der Waals surface area contributed by atoms with E-state index in [0.717, 1.165) is 25.7 Å². The highest BCUT2D eigenvalue weighted by Crippen LogP contribution is 2.31. The van der Waals surface area contributed by atoms with Crippen LogP contribution in [0.2, 0.25) is 0 Å². The maximum absolute atomic E-state index is 12.6. The molecule has 3 heteroatoms. The molecule has 0 N–H and O–H groups in total. The number of carbonyl (C=O) groups excluding carboxylic acids is 1. The molecule has 0 atom stereocenters. The maximum atomic E-state index is 12.6.